The zero-order valence-corrected chi connectivity index (χ0v) is 18.4. The molecule has 1 unspecified atom stereocenters. The Balaban J connectivity index is 1.38. The minimum Gasteiger partial charge on any atom is -0.352 e. The largest absolute Gasteiger partial charge is 0.352 e. The molecular formula is C27H30N2O2. The second-order valence-electron chi connectivity index (χ2n) is 8.64. The van der Waals surface area contributed by atoms with Crippen molar-refractivity contribution in [2.24, 2.45) is 5.92 Å². The highest BCUT2D eigenvalue weighted by atomic mass is 16.2. The van der Waals surface area contributed by atoms with Crippen molar-refractivity contribution in [1.29, 1.82) is 0 Å². The lowest BCUT2D eigenvalue weighted by Gasteiger charge is -2.32. The second kappa shape index (κ2) is 9.34. The second-order valence-corrected chi connectivity index (χ2v) is 8.64. The Hall–Kier alpha value is -3.14. The van der Waals surface area contributed by atoms with Gasteiger partial charge in [-0.15, -0.1) is 0 Å². The van der Waals surface area contributed by atoms with Gasteiger partial charge < -0.3 is 10.2 Å². The summed E-state index contributed by atoms with van der Waals surface area (Å²) in [5.74, 6) is 0.00211. The van der Waals surface area contributed by atoms with Gasteiger partial charge in [0.1, 0.15) is 0 Å². The monoisotopic (exact) mass is 414 g/mol. The average molecular weight is 415 g/mol. The van der Waals surface area contributed by atoms with Crippen LogP contribution in [0.15, 0.2) is 60.7 Å². The lowest BCUT2D eigenvalue weighted by atomic mass is 9.95. The highest BCUT2D eigenvalue weighted by Gasteiger charge is 2.28. The molecule has 0 radical (unpaired) electrons. The highest BCUT2D eigenvalue weighted by Crippen LogP contribution is 2.22. The van der Waals surface area contributed by atoms with Crippen LogP contribution in [0.2, 0.25) is 0 Å². The number of fused-ring (bicyclic) bond motifs is 1. The van der Waals surface area contributed by atoms with Gasteiger partial charge in [0.25, 0.3) is 0 Å². The Morgan fingerprint density at radius 3 is 2.68 bits per heavy atom. The first-order valence-corrected chi connectivity index (χ1v) is 11.1. The molecule has 0 aromatic heterocycles. The van der Waals surface area contributed by atoms with E-state index in [0.29, 0.717) is 19.5 Å². The Morgan fingerprint density at radius 2 is 1.81 bits per heavy atom. The standard InChI is InChI=1S/C27H30N2O2/c1-19-12-13-20(2)24(15-19)17-28-27(31)23-10-6-14-29(18-23)26(30)16-22-9-5-8-21-7-3-4-11-25(21)22/h3-5,7-9,11-13,15,23H,6,10,14,16-18H2,1-2H3,(H,28,31). The van der Waals surface area contributed by atoms with Crippen LogP contribution < -0.4 is 5.32 Å². The third-order valence-electron chi connectivity index (χ3n) is 6.32. The van der Waals surface area contributed by atoms with Crippen LogP contribution in [0, 0.1) is 19.8 Å². The zero-order valence-electron chi connectivity index (χ0n) is 18.4. The van der Waals surface area contributed by atoms with Gasteiger partial charge in [-0.3, -0.25) is 9.59 Å². The van der Waals surface area contributed by atoms with Gasteiger partial charge in [-0.05, 0) is 54.2 Å². The van der Waals surface area contributed by atoms with Gasteiger partial charge in [-0.2, -0.15) is 0 Å². The summed E-state index contributed by atoms with van der Waals surface area (Å²) in [7, 11) is 0. The van der Waals surface area contributed by atoms with Crippen molar-refractivity contribution >= 4 is 22.6 Å². The number of carbonyl (C=O) groups excluding carboxylic acids is 2. The van der Waals surface area contributed by atoms with Crippen LogP contribution in [0.25, 0.3) is 10.8 Å². The maximum Gasteiger partial charge on any atom is 0.227 e. The molecule has 4 nitrogen and oxygen atoms in total. The third-order valence-corrected chi connectivity index (χ3v) is 6.32. The van der Waals surface area contributed by atoms with Crippen molar-refractivity contribution in [3.63, 3.8) is 0 Å². The van der Waals surface area contributed by atoms with E-state index >= 15 is 0 Å². The number of nitrogens with zero attached hydrogens (tertiary/aromatic N) is 1. The Labute approximate surface area is 184 Å². The van der Waals surface area contributed by atoms with Gasteiger partial charge in [0.2, 0.25) is 11.8 Å². The summed E-state index contributed by atoms with van der Waals surface area (Å²) < 4.78 is 0. The molecule has 4 rings (SSSR count). The summed E-state index contributed by atoms with van der Waals surface area (Å²) >= 11 is 0. The molecule has 3 aromatic carbocycles. The Kier molecular flexibility index (Phi) is 6.36. The average Bonchev–Trinajstić information content (AvgIpc) is 2.79. The molecule has 1 aliphatic rings. The molecular weight excluding hydrogens is 384 g/mol. The van der Waals surface area contributed by atoms with Crippen LogP contribution >= 0.6 is 0 Å². The fourth-order valence-electron chi connectivity index (χ4n) is 4.46. The van der Waals surface area contributed by atoms with E-state index in [1.807, 2.05) is 29.2 Å². The maximum atomic E-state index is 13.0. The minimum absolute atomic E-state index is 0.0450. The molecule has 1 aliphatic heterocycles. The molecule has 1 fully saturated rings. The number of rotatable bonds is 5. The van der Waals surface area contributed by atoms with Crippen LogP contribution in [0.3, 0.4) is 0 Å². The molecule has 3 aromatic rings. The van der Waals surface area contributed by atoms with E-state index in [0.717, 1.165) is 41.3 Å². The first-order chi connectivity index (χ1) is 15.0. The van der Waals surface area contributed by atoms with Crippen molar-refractivity contribution < 1.29 is 9.59 Å². The van der Waals surface area contributed by atoms with Crippen molar-refractivity contribution in [1.82, 2.24) is 10.2 Å². The van der Waals surface area contributed by atoms with Gasteiger partial charge in [0, 0.05) is 19.6 Å². The quantitative estimate of drug-likeness (QED) is 0.666. The predicted molar refractivity (Wildman–Crippen MR) is 125 cm³/mol. The number of amides is 2. The van der Waals surface area contributed by atoms with Crippen LogP contribution in [-0.2, 0) is 22.6 Å². The maximum absolute atomic E-state index is 13.0. The summed E-state index contributed by atoms with van der Waals surface area (Å²) in [6.07, 6.45) is 2.07. The van der Waals surface area contributed by atoms with Gasteiger partial charge in [-0.1, -0.05) is 66.2 Å². The van der Waals surface area contributed by atoms with E-state index in [-0.39, 0.29) is 17.7 Å². The molecule has 0 aliphatic carbocycles. The number of piperidine rings is 1. The van der Waals surface area contributed by atoms with Crippen molar-refractivity contribution in [2.45, 2.75) is 39.7 Å². The number of aryl methyl sites for hydroxylation is 2. The Morgan fingerprint density at radius 1 is 1.00 bits per heavy atom. The van der Waals surface area contributed by atoms with E-state index < -0.39 is 0 Å². The van der Waals surface area contributed by atoms with Gasteiger partial charge in [0.15, 0.2) is 0 Å². The summed E-state index contributed by atoms with van der Waals surface area (Å²) in [5, 5.41) is 5.36. The van der Waals surface area contributed by atoms with Crippen molar-refractivity contribution in [3.8, 4) is 0 Å². The van der Waals surface area contributed by atoms with Crippen LogP contribution in [-0.4, -0.2) is 29.8 Å². The predicted octanol–water partition coefficient (Wildman–Crippen LogP) is 4.55. The fourth-order valence-corrected chi connectivity index (χ4v) is 4.46. The lowest BCUT2D eigenvalue weighted by molar-refractivity contribution is -0.135. The first kappa shape index (κ1) is 21.1. The van der Waals surface area contributed by atoms with Gasteiger partial charge >= 0.3 is 0 Å². The van der Waals surface area contributed by atoms with E-state index in [1.165, 1.54) is 11.1 Å². The number of likely N-dealkylation sites (tertiary alicyclic amines) is 1. The summed E-state index contributed by atoms with van der Waals surface area (Å²) in [6.45, 7) is 5.89. The molecule has 0 spiro atoms. The van der Waals surface area contributed by atoms with Crippen molar-refractivity contribution in [2.75, 3.05) is 13.1 Å². The molecule has 0 bridgehead atoms. The van der Waals surface area contributed by atoms with E-state index in [2.05, 4.69) is 55.6 Å². The fraction of sp³-hybridized carbons (Fsp3) is 0.333. The summed E-state index contributed by atoms with van der Waals surface area (Å²) in [5.41, 5.74) is 4.57. The smallest absolute Gasteiger partial charge is 0.227 e. The number of hydrogen-bond donors (Lipinski definition) is 1. The lowest BCUT2D eigenvalue weighted by Crippen LogP contribution is -2.45. The third kappa shape index (κ3) is 4.96. The molecule has 1 heterocycles. The first-order valence-electron chi connectivity index (χ1n) is 11.1. The van der Waals surface area contributed by atoms with E-state index in [4.69, 9.17) is 0 Å². The molecule has 1 saturated heterocycles. The SMILES string of the molecule is Cc1ccc(C)c(CNC(=O)C2CCCN(C(=O)Cc3cccc4ccccc34)C2)c1. The van der Waals surface area contributed by atoms with Crippen molar-refractivity contribution in [3.05, 3.63) is 82.9 Å². The molecule has 2 amide bonds. The minimum atomic E-state index is -0.143. The molecule has 0 saturated carbocycles. The zero-order chi connectivity index (χ0) is 21.8. The number of nitrogens with one attached hydrogen (secondary N) is 1. The molecule has 1 atom stereocenters. The Bertz CT molecular complexity index is 1100. The number of hydrogen-bond acceptors (Lipinski definition) is 2. The van der Waals surface area contributed by atoms with Crippen LogP contribution in [0.4, 0.5) is 0 Å². The summed E-state index contributed by atoms with van der Waals surface area (Å²) in [4.78, 5) is 27.7. The summed E-state index contributed by atoms with van der Waals surface area (Å²) in [6, 6.07) is 20.6. The normalized spacial score (nSPS) is 16.3. The highest BCUT2D eigenvalue weighted by molar-refractivity contribution is 5.90. The van der Waals surface area contributed by atoms with Crippen LogP contribution in [0.5, 0.6) is 0 Å². The molecule has 31 heavy (non-hydrogen) atoms. The molecule has 1 N–H and O–H groups in total. The van der Waals surface area contributed by atoms with Gasteiger partial charge in [0.05, 0.1) is 12.3 Å². The van der Waals surface area contributed by atoms with E-state index in [1.54, 1.807) is 0 Å². The molecule has 160 valence electrons. The topological polar surface area (TPSA) is 49.4 Å². The van der Waals surface area contributed by atoms with Crippen LogP contribution in [0.1, 0.15) is 35.1 Å². The van der Waals surface area contributed by atoms with Gasteiger partial charge in [-0.25, -0.2) is 0 Å². The number of carbonyl (C=O) groups is 2. The van der Waals surface area contributed by atoms with E-state index in [9.17, 15) is 9.59 Å². The molecule has 4 heteroatoms. The number of benzene rings is 3.